The van der Waals surface area contributed by atoms with Crippen molar-refractivity contribution in [3.8, 4) is 0 Å². The number of esters is 4. The third-order valence-electron chi connectivity index (χ3n) is 6.50. The highest BCUT2D eigenvalue weighted by Gasteiger charge is 2.31. The number of carbonyl (C=O) groups excluding carboxylic acids is 4. The van der Waals surface area contributed by atoms with E-state index in [1.54, 1.807) is 0 Å². The highest BCUT2D eigenvalue weighted by molar-refractivity contribution is 8.45. The predicted molar refractivity (Wildman–Crippen MR) is 223 cm³/mol. The molecule has 0 spiro atoms. The molecular formula is C34H52O8S8. The Labute approximate surface area is 333 Å². The smallest absolute Gasteiger partial charge is 0.305 e. The van der Waals surface area contributed by atoms with Crippen molar-refractivity contribution in [1.82, 2.24) is 0 Å². The summed E-state index contributed by atoms with van der Waals surface area (Å²) in [7, 11) is 0. The predicted octanol–water partition coefficient (Wildman–Crippen LogP) is 11.2. The number of thioether (sulfide) groups is 8. The van der Waals surface area contributed by atoms with Gasteiger partial charge in [0.15, 0.2) is 0 Å². The molecule has 0 N–H and O–H groups in total. The molecule has 8 nitrogen and oxygen atoms in total. The van der Waals surface area contributed by atoms with Crippen molar-refractivity contribution in [2.24, 2.45) is 0 Å². The zero-order valence-electron chi connectivity index (χ0n) is 29.7. The Morgan fingerprint density at radius 3 is 0.820 bits per heavy atom. The zero-order chi connectivity index (χ0) is 36.4. The molecular weight excluding hydrogens is 793 g/mol. The second-order valence-corrected chi connectivity index (χ2v) is 20.6. The van der Waals surface area contributed by atoms with Crippen LogP contribution < -0.4 is 0 Å². The van der Waals surface area contributed by atoms with Crippen molar-refractivity contribution in [3.63, 3.8) is 0 Å². The Kier molecular flexibility index (Phi) is 27.0. The van der Waals surface area contributed by atoms with Gasteiger partial charge in [-0.1, -0.05) is 47.0 Å². The summed E-state index contributed by atoms with van der Waals surface area (Å²) in [5, 5.41) is 0. The summed E-state index contributed by atoms with van der Waals surface area (Å²) in [6.45, 7) is 9.01. The Balaban J connectivity index is 2.03. The molecule has 2 aliphatic heterocycles. The average Bonchev–Trinajstić information content (AvgIpc) is 3.68. The molecule has 0 saturated heterocycles. The van der Waals surface area contributed by atoms with Crippen molar-refractivity contribution < 1.29 is 38.1 Å². The van der Waals surface area contributed by atoms with Gasteiger partial charge in [-0.05, 0) is 102 Å². The molecule has 2 rings (SSSR count). The van der Waals surface area contributed by atoms with Gasteiger partial charge in [-0.15, -0.1) is 47.0 Å². The summed E-state index contributed by atoms with van der Waals surface area (Å²) in [6.07, 6.45) is 8.87. The average molecular weight is 845 g/mol. The van der Waals surface area contributed by atoms with E-state index < -0.39 is 0 Å². The summed E-state index contributed by atoms with van der Waals surface area (Å²) < 4.78 is 28.2. The molecule has 0 saturated carbocycles. The number of ether oxygens (including phenoxy) is 4. The number of carbonyl (C=O) groups is 4. The third kappa shape index (κ3) is 20.4. The van der Waals surface area contributed by atoms with Gasteiger partial charge < -0.3 is 18.9 Å². The van der Waals surface area contributed by atoms with Crippen molar-refractivity contribution in [2.75, 3.05) is 49.4 Å². The van der Waals surface area contributed by atoms with E-state index in [0.717, 1.165) is 74.4 Å². The van der Waals surface area contributed by atoms with Crippen LogP contribution in [0.1, 0.15) is 105 Å². The second kappa shape index (κ2) is 29.3. The second-order valence-electron chi connectivity index (χ2n) is 10.6. The van der Waals surface area contributed by atoms with Gasteiger partial charge in [-0.2, -0.15) is 0 Å². The maximum atomic E-state index is 11.8. The van der Waals surface area contributed by atoms with Gasteiger partial charge in [-0.3, -0.25) is 19.2 Å². The summed E-state index contributed by atoms with van der Waals surface area (Å²) in [5.41, 5.74) is 0. The molecule has 0 amide bonds. The molecule has 2 aliphatic rings. The molecule has 16 heteroatoms. The van der Waals surface area contributed by atoms with Crippen LogP contribution in [0.4, 0.5) is 0 Å². The Morgan fingerprint density at radius 1 is 0.400 bits per heavy atom. The molecule has 0 aromatic carbocycles. The minimum atomic E-state index is -0.128. The molecule has 284 valence electrons. The first kappa shape index (κ1) is 46.1. The van der Waals surface area contributed by atoms with E-state index in [9.17, 15) is 19.2 Å². The van der Waals surface area contributed by atoms with Gasteiger partial charge in [0.25, 0.3) is 0 Å². The first-order valence-electron chi connectivity index (χ1n) is 17.4. The van der Waals surface area contributed by atoms with Crippen LogP contribution in [0.5, 0.6) is 0 Å². The lowest BCUT2D eigenvalue weighted by molar-refractivity contribution is -0.144. The van der Waals surface area contributed by atoms with Crippen molar-refractivity contribution in [3.05, 3.63) is 25.4 Å². The summed E-state index contributed by atoms with van der Waals surface area (Å²) in [6, 6.07) is 0. The van der Waals surface area contributed by atoms with Gasteiger partial charge in [0.05, 0.1) is 51.9 Å². The lowest BCUT2D eigenvalue weighted by Crippen LogP contribution is -2.03. The molecule has 0 unspecified atom stereocenters. The molecule has 0 radical (unpaired) electrons. The van der Waals surface area contributed by atoms with Crippen LogP contribution in [-0.4, -0.2) is 73.3 Å². The molecule has 0 aromatic heterocycles. The van der Waals surface area contributed by atoms with E-state index in [-0.39, 0.29) is 23.9 Å². The molecule has 0 aliphatic carbocycles. The monoisotopic (exact) mass is 844 g/mol. The van der Waals surface area contributed by atoms with Crippen molar-refractivity contribution >= 4 is 118 Å². The maximum absolute atomic E-state index is 11.8. The summed E-state index contributed by atoms with van der Waals surface area (Å²) in [5.74, 6) is 3.25. The van der Waals surface area contributed by atoms with Crippen LogP contribution >= 0.6 is 94.1 Å². The first-order valence-corrected chi connectivity index (χ1v) is 24.6. The molecule has 0 bridgehead atoms. The lowest BCUT2D eigenvalue weighted by Gasteiger charge is -2.06. The number of rotatable bonds is 28. The van der Waals surface area contributed by atoms with Crippen LogP contribution in [0.2, 0.25) is 0 Å². The normalized spacial score (nSPS) is 14.5. The van der Waals surface area contributed by atoms with E-state index in [1.165, 1.54) is 25.4 Å². The standard InChI is InChI=1S/C34H52O8S8/c1-5-39-25(35)17-9-13-21-43-29-30(44-22-14-10-18-26(36)40-6-2)48-33(47-29)34-49-31(45-23-15-11-19-27(37)41-7-3)32(50-34)46-24-16-12-20-28(38)42-8-4/h5-24H2,1-4H3. The fourth-order valence-corrected chi connectivity index (χ4v) is 16.4. The van der Waals surface area contributed by atoms with E-state index >= 15 is 0 Å². The van der Waals surface area contributed by atoms with E-state index in [0.29, 0.717) is 52.1 Å². The van der Waals surface area contributed by atoms with Crippen molar-refractivity contribution in [2.45, 2.75) is 105 Å². The van der Waals surface area contributed by atoms with E-state index in [2.05, 4.69) is 0 Å². The van der Waals surface area contributed by atoms with Gasteiger partial charge >= 0.3 is 23.9 Å². The van der Waals surface area contributed by atoms with Crippen LogP contribution in [0, 0.1) is 0 Å². The third-order valence-corrected chi connectivity index (χ3v) is 18.4. The topological polar surface area (TPSA) is 105 Å². The molecule has 50 heavy (non-hydrogen) atoms. The Hall–Kier alpha value is -0.100. The molecule has 0 aromatic rings. The zero-order valence-corrected chi connectivity index (χ0v) is 36.2. The SMILES string of the molecule is CCOC(=O)CCCCSC1=C(SCCCCC(=O)OCC)SC(=C2SC(SCCCCC(=O)OCC)=C(SCCCCC(=O)OCC)S2)S1. The number of hydrogen-bond acceptors (Lipinski definition) is 16. The highest BCUT2D eigenvalue weighted by atomic mass is 32.3. The van der Waals surface area contributed by atoms with Crippen LogP contribution in [0.3, 0.4) is 0 Å². The lowest BCUT2D eigenvalue weighted by atomic mass is 10.2. The molecule has 0 atom stereocenters. The summed E-state index contributed by atoms with van der Waals surface area (Å²) in [4.78, 5) is 47.1. The van der Waals surface area contributed by atoms with Gasteiger partial charge in [0.1, 0.15) is 0 Å². The van der Waals surface area contributed by atoms with E-state index in [1.807, 2.05) is 122 Å². The first-order chi connectivity index (χ1) is 24.3. The fourth-order valence-electron chi connectivity index (χ4n) is 4.14. The quantitative estimate of drug-likeness (QED) is 0.0423. The fraction of sp³-hybridized carbons (Fsp3) is 0.706. The van der Waals surface area contributed by atoms with Crippen molar-refractivity contribution in [1.29, 1.82) is 0 Å². The highest BCUT2D eigenvalue weighted by Crippen LogP contribution is 2.66. The van der Waals surface area contributed by atoms with Gasteiger partial charge in [-0.25, -0.2) is 0 Å². The minimum absolute atomic E-state index is 0.128. The maximum Gasteiger partial charge on any atom is 0.305 e. The van der Waals surface area contributed by atoms with E-state index in [4.69, 9.17) is 18.9 Å². The van der Waals surface area contributed by atoms with Crippen LogP contribution in [0.15, 0.2) is 25.4 Å². The molecule has 2 heterocycles. The number of unbranched alkanes of at least 4 members (excludes halogenated alkanes) is 4. The largest absolute Gasteiger partial charge is 0.466 e. The van der Waals surface area contributed by atoms with Gasteiger partial charge in [0.2, 0.25) is 0 Å². The Morgan fingerprint density at radius 2 is 0.620 bits per heavy atom. The molecule has 0 fully saturated rings. The Bertz CT molecular complexity index is 1000. The minimum Gasteiger partial charge on any atom is -0.466 e. The van der Waals surface area contributed by atoms with Crippen LogP contribution in [-0.2, 0) is 38.1 Å². The number of hydrogen-bond donors (Lipinski definition) is 0. The summed E-state index contributed by atoms with van der Waals surface area (Å²) >= 11 is 14.9. The van der Waals surface area contributed by atoms with Gasteiger partial charge in [0, 0.05) is 25.7 Å². The van der Waals surface area contributed by atoms with Crippen LogP contribution in [0.25, 0.3) is 0 Å².